The Balaban J connectivity index is 2.17. The minimum atomic E-state index is 0.654. The van der Waals surface area contributed by atoms with E-state index in [0.29, 0.717) is 5.92 Å². The lowest BCUT2D eigenvalue weighted by Crippen LogP contribution is -2.07. The predicted molar refractivity (Wildman–Crippen MR) is 57.5 cm³/mol. The average Bonchev–Trinajstić information content (AvgIpc) is 2.20. The van der Waals surface area contributed by atoms with Gasteiger partial charge in [0.25, 0.3) is 0 Å². The molecule has 0 bridgehead atoms. The molecular weight excluding hydrogens is 156 g/mol. The lowest BCUT2D eigenvalue weighted by Gasteiger charge is -2.21. The maximum Gasteiger partial charge on any atom is 0.00798 e. The van der Waals surface area contributed by atoms with Crippen molar-refractivity contribution in [2.75, 3.05) is 0 Å². The molecule has 0 aliphatic heterocycles. The molecule has 0 aromatic rings. The van der Waals surface area contributed by atoms with Crippen molar-refractivity contribution in [3.8, 4) is 0 Å². The number of rotatable bonds is 1. The van der Waals surface area contributed by atoms with Gasteiger partial charge in [0.2, 0.25) is 0 Å². The van der Waals surface area contributed by atoms with Gasteiger partial charge in [-0.1, -0.05) is 42.0 Å². The van der Waals surface area contributed by atoms with E-state index in [-0.39, 0.29) is 0 Å². The molecule has 2 aliphatic carbocycles. The Labute approximate surface area is 80.3 Å². The highest BCUT2D eigenvalue weighted by atomic mass is 14.2. The molecule has 0 heteroatoms. The van der Waals surface area contributed by atoms with Crippen molar-refractivity contribution in [3.63, 3.8) is 0 Å². The molecule has 2 rings (SSSR count). The molecular formula is C13H16. The molecule has 0 saturated carbocycles. The van der Waals surface area contributed by atoms with Crippen LogP contribution in [0.5, 0.6) is 0 Å². The third kappa shape index (κ3) is 1.82. The maximum absolute atomic E-state index is 2.39. The van der Waals surface area contributed by atoms with E-state index in [9.17, 15) is 0 Å². The molecule has 0 N–H and O–H groups in total. The van der Waals surface area contributed by atoms with E-state index in [1.54, 1.807) is 0 Å². The normalized spacial score (nSPS) is 27.0. The second kappa shape index (κ2) is 3.78. The largest absolute Gasteiger partial charge is 0.0839 e. The minimum absolute atomic E-state index is 0.654. The standard InChI is InChI=1S/C13H16/c1-11-7-5-6-10-13(11)12-8-3-2-4-9-12/h3,5-9,13H,2,4,10H2,1H3. The molecule has 0 fully saturated rings. The zero-order valence-corrected chi connectivity index (χ0v) is 8.16. The molecule has 0 aromatic carbocycles. The summed E-state index contributed by atoms with van der Waals surface area (Å²) in [5.74, 6) is 0.654. The fourth-order valence-corrected chi connectivity index (χ4v) is 2.03. The van der Waals surface area contributed by atoms with Crippen molar-refractivity contribution < 1.29 is 0 Å². The van der Waals surface area contributed by atoms with Crippen LogP contribution < -0.4 is 0 Å². The van der Waals surface area contributed by atoms with Crippen LogP contribution in [-0.4, -0.2) is 0 Å². The van der Waals surface area contributed by atoms with Gasteiger partial charge in [0, 0.05) is 5.92 Å². The Kier molecular flexibility index (Phi) is 2.49. The van der Waals surface area contributed by atoms with Crippen molar-refractivity contribution >= 4 is 0 Å². The van der Waals surface area contributed by atoms with Crippen LogP contribution in [-0.2, 0) is 0 Å². The van der Waals surface area contributed by atoms with Gasteiger partial charge in [-0.15, -0.1) is 0 Å². The summed E-state index contributed by atoms with van der Waals surface area (Å²) in [7, 11) is 0. The van der Waals surface area contributed by atoms with Crippen LogP contribution in [0.3, 0.4) is 0 Å². The van der Waals surface area contributed by atoms with Crippen molar-refractivity contribution in [3.05, 3.63) is 47.6 Å². The van der Waals surface area contributed by atoms with Gasteiger partial charge < -0.3 is 0 Å². The Bertz CT molecular complexity index is 300. The lowest BCUT2D eigenvalue weighted by atomic mass is 9.84. The molecule has 1 atom stereocenters. The van der Waals surface area contributed by atoms with E-state index in [1.807, 2.05) is 0 Å². The van der Waals surface area contributed by atoms with Crippen LogP contribution in [0.4, 0.5) is 0 Å². The van der Waals surface area contributed by atoms with E-state index in [4.69, 9.17) is 0 Å². The molecule has 0 spiro atoms. The van der Waals surface area contributed by atoms with Crippen molar-refractivity contribution in [2.24, 2.45) is 5.92 Å². The molecule has 0 heterocycles. The van der Waals surface area contributed by atoms with Crippen LogP contribution >= 0.6 is 0 Å². The SMILES string of the molecule is CC1=CC=CCC1C1=CCCC=C1. The van der Waals surface area contributed by atoms with Crippen molar-refractivity contribution in [1.29, 1.82) is 0 Å². The van der Waals surface area contributed by atoms with E-state index in [0.717, 1.165) is 0 Å². The molecule has 0 aromatic heterocycles. The number of allylic oxidation sites excluding steroid dienone is 8. The first-order valence-corrected chi connectivity index (χ1v) is 5.08. The zero-order valence-electron chi connectivity index (χ0n) is 8.16. The topological polar surface area (TPSA) is 0 Å². The molecule has 0 radical (unpaired) electrons. The molecule has 1 unspecified atom stereocenters. The van der Waals surface area contributed by atoms with Gasteiger partial charge in [-0.3, -0.25) is 0 Å². The summed E-state index contributed by atoms with van der Waals surface area (Å²) in [6, 6.07) is 0. The van der Waals surface area contributed by atoms with Crippen LogP contribution in [0.2, 0.25) is 0 Å². The Morgan fingerprint density at radius 3 is 2.85 bits per heavy atom. The summed E-state index contributed by atoms with van der Waals surface area (Å²) in [6.07, 6.45) is 17.3. The molecule has 2 aliphatic rings. The van der Waals surface area contributed by atoms with E-state index in [1.165, 1.54) is 30.4 Å². The van der Waals surface area contributed by atoms with Crippen molar-refractivity contribution in [1.82, 2.24) is 0 Å². The quantitative estimate of drug-likeness (QED) is 0.564. The van der Waals surface area contributed by atoms with E-state index < -0.39 is 0 Å². The molecule has 0 amide bonds. The zero-order chi connectivity index (χ0) is 9.10. The first-order chi connectivity index (χ1) is 6.38. The van der Waals surface area contributed by atoms with Gasteiger partial charge in [-0.25, -0.2) is 0 Å². The van der Waals surface area contributed by atoms with Gasteiger partial charge in [0.05, 0.1) is 0 Å². The second-order valence-electron chi connectivity index (χ2n) is 3.81. The second-order valence-corrected chi connectivity index (χ2v) is 3.81. The summed E-state index contributed by atoms with van der Waals surface area (Å²) >= 11 is 0. The fraction of sp³-hybridized carbons (Fsp3) is 0.385. The van der Waals surface area contributed by atoms with E-state index >= 15 is 0 Å². The Morgan fingerprint density at radius 1 is 1.23 bits per heavy atom. The predicted octanol–water partition coefficient (Wildman–Crippen LogP) is 3.79. The average molecular weight is 172 g/mol. The van der Waals surface area contributed by atoms with Crippen LogP contribution in [0, 0.1) is 5.92 Å². The van der Waals surface area contributed by atoms with Gasteiger partial charge in [0.15, 0.2) is 0 Å². The minimum Gasteiger partial charge on any atom is -0.0839 e. The van der Waals surface area contributed by atoms with Gasteiger partial charge in [0.1, 0.15) is 0 Å². The summed E-state index contributed by atoms with van der Waals surface area (Å²) in [5, 5.41) is 0. The lowest BCUT2D eigenvalue weighted by molar-refractivity contribution is 0.722. The Hall–Kier alpha value is -1.04. The van der Waals surface area contributed by atoms with Gasteiger partial charge >= 0.3 is 0 Å². The highest BCUT2D eigenvalue weighted by Gasteiger charge is 2.15. The third-order valence-electron chi connectivity index (χ3n) is 2.84. The summed E-state index contributed by atoms with van der Waals surface area (Å²) < 4.78 is 0. The number of hydrogen-bond acceptors (Lipinski definition) is 0. The monoisotopic (exact) mass is 172 g/mol. The number of hydrogen-bond donors (Lipinski definition) is 0. The summed E-state index contributed by atoms with van der Waals surface area (Å²) in [5.41, 5.74) is 3.02. The highest BCUT2D eigenvalue weighted by molar-refractivity contribution is 5.35. The van der Waals surface area contributed by atoms with Crippen LogP contribution in [0.15, 0.2) is 47.6 Å². The smallest absolute Gasteiger partial charge is 0.00798 e. The van der Waals surface area contributed by atoms with Crippen LogP contribution in [0.25, 0.3) is 0 Å². The summed E-state index contributed by atoms with van der Waals surface area (Å²) in [6.45, 7) is 2.23. The molecule has 68 valence electrons. The first kappa shape index (κ1) is 8.55. The molecule has 0 nitrogen and oxygen atoms in total. The molecule has 0 saturated heterocycles. The van der Waals surface area contributed by atoms with Crippen molar-refractivity contribution in [2.45, 2.75) is 26.2 Å². The third-order valence-corrected chi connectivity index (χ3v) is 2.84. The summed E-state index contributed by atoms with van der Waals surface area (Å²) in [4.78, 5) is 0. The van der Waals surface area contributed by atoms with E-state index in [2.05, 4.69) is 43.4 Å². The van der Waals surface area contributed by atoms with Crippen LogP contribution in [0.1, 0.15) is 26.2 Å². The first-order valence-electron chi connectivity index (χ1n) is 5.08. The highest BCUT2D eigenvalue weighted by Crippen LogP contribution is 2.30. The van der Waals surface area contributed by atoms with Gasteiger partial charge in [-0.05, 0) is 31.8 Å². The maximum atomic E-state index is 2.39. The van der Waals surface area contributed by atoms with Gasteiger partial charge in [-0.2, -0.15) is 0 Å². The fourth-order valence-electron chi connectivity index (χ4n) is 2.03. The Morgan fingerprint density at radius 2 is 2.15 bits per heavy atom. The molecule has 13 heavy (non-hydrogen) atoms.